The topological polar surface area (TPSA) is 25.8 Å². The maximum Gasteiger partial charge on any atom is 0.0245 e. The Morgan fingerprint density at radius 2 is 1.59 bits per heavy atom. The van der Waals surface area contributed by atoms with Gasteiger partial charge in [0.2, 0.25) is 0 Å². The van der Waals surface area contributed by atoms with Crippen LogP contribution < -0.4 is 4.40 Å². The molecular weight excluding hydrogens is 877 g/mol. The molecule has 3 saturated carbocycles. The van der Waals surface area contributed by atoms with E-state index in [9.17, 15) is 0 Å². The van der Waals surface area contributed by atoms with Crippen molar-refractivity contribution in [2.75, 3.05) is 0 Å². The largest absolute Gasteiger partial charge is 0.305 e. The molecule has 51 heavy (non-hydrogen) atoms. The fourth-order valence-electron chi connectivity index (χ4n) is 8.20. The number of thiophene rings is 1. The smallest absolute Gasteiger partial charge is 0.0245 e. The molecule has 0 N–H and O–H groups in total. The van der Waals surface area contributed by atoms with E-state index in [1.165, 1.54) is 79.8 Å². The molecule has 1 unspecified atom stereocenters. The van der Waals surface area contributed by atoms with Crippen molar-refractivity contribution < 1.29 is 20.1 Å². The third kappa shape index (κ3) is 7.86. The molecule has 0 amide bonds. The Balaban J connectivity index is 0.000000202. The van der Waals surface area contributed by atoms with Crippen LogP contribution in [0.3, 0.4) is 0 Å². The molecule has 10 rings (SSSR count). The summed E-state index contributed by atoms with van der Waals surface area (Å²) in [5, 5.41) is 2.66. The number of hydrogen-bond acceptors (Lipinski definition) is 3. The summed E-state index contributed by atoms with van der Waals surface area (Å²) in [6, 6.07) is 45.3. The van der Waals surface area contributed by atoms with E-state index in [-0.39, 0.29) is 20.1 Å². The zero-order chi connectivity index (χ0) is 34.1. The van der Waals surface area contributed by atoms with E-state index in [0.717, 1.165) is 40.3 Å². The number of benzene rings is 4. The van der Waals surface area contributed by atoms with Gasteiger partial charge in [0.1, 0.15) is 0 Å². The molecule has 3 aliphatic rings. The van der Waals surface area contributed by atoms with Crippen molar-refractivity contribution >= 4 is 49.2 Å². The fraction of sp³-hybridized carbons (Fsp3) is 0.261. The number of aromatic nitrogens is 2. The van der Waals surface area contributed by atoms with Crippen molar-refractivity contribution in [2.24, 2.45) is 17.8 Å². The monoisotopic (exact) mass is 923 g/mol. The van der Waals surface area contributed by atoms with E-state index in [1.807, 2.05) is 48.0 Å². The predicted molar refractivity (Wildman–Crippen MR) is 216 cm³/mol. The van der Waals surface area contributed by atoms with Gasteiger partial charge in [0.15, 0.2) is 0 Å². The Morgan fingerprint density at radius 1 is 0.765 bits per heavy atom. The van der Waals surface area contributed by atoms with Crippen LogP contribution in [0.5, 0.6) is 0 Å². The Kier molecular flexibility index (Phi) is 11.1. The predicted octanol–water partition coefficient (Wildman–Crippen LogP) is 12.0. The number of rotatable bonds is 6. The summed E-state index contributed by atoms with van der Waals surface area (Å²) in [4.78, 5) is 9.36. The first kappa shape index (κ1) is 36.0. The van der Waals surface area contributed by atoms with Crippen LogP contribution in [-0.2, 0) is 26.5 Å². The van der Waals surface area contributed by atoms with Crippen LogP contribution in [0, 0.1) is 29.9 Å². The number of fused-ring (bicyclic) bond motifs is 6. The van der Waals surface area contributed by atoms with Gasteiger partial charge in [-0.1, -0.05) is 72.3 Å². The molecule has 5 heteroatoms. The Morgan fingerprint density at radius 3 is 2.29 bits per heavy atom. The molecule has 3 aromatic heterocycles. The van der Waals surface area contributed by atoms with Gasteiger partial charge in [-0.15, -0.1) is 23.8 Å². The molecule has 0 aliphatic heterocycles. The van der Waals surface area contributed by atoms with Gasteiger partial charge in [0.05, 0.1) is 0 Å². The van der Waals surface area contributed by atoms with Crippen molar-refractivity contribution in [3.05, 3.63) is 139 Å². The normalized spacial score (nSPS) is 18.2. The van der Waals surface area contributed by atoms with Crippen LogP contribution in [0.1, 0.15) is 37.7 Å². The Labute approximate surface area is 323 Å². The summed E-state index contributed by atoms with van der Waals surface area (Å²) in [5.41, 5.74) is 8.30. The average molecular weight is 922 g/mol. The second-order valence-electron chi connectivity index (χ2n) is 15.2. The molecule has 0 spiro atoms. The quantitative estimate of drug-likeness (QED) is 0.123. The molecule has 1 radical (unpaired) electrons. The molecular formula is C46H44GeIrN2S-2. The van der Waals surface area contributed by atoms with Gasteiger partial charge in [-0.3, -0.25) is 0 Å². The molecule has 3 aliphatic carbocycles. The Bertz CT molecular complexity index is 2220. The first-order valence-electron chi connectivity index (χ1n) is 18.2. The van der Waals surface area contributed by atoms with Crippen LogP contribution in [0.15, 0.2) is 122 Å². The van der Waals surface area contributed by atoms with Crippen molar-refractivity contribution in [3.8, 4) is 33.6 Å². The second kappa shape index (κ2) is 15.7. The minimum atomic E-state index is -1.72. The maximum atomic E-state index is 4.83. The molecule has 7 aromatic rings. The maximum absolute atomic E-state index is 4.83. The van der Waals surface area contributed by atoms with Gasteiger partial charge >= 0.3 is 99.8 Å². The molecule has 3 fully saturated rings. The van der Waals surface area contributed by atoms with Crippen LogP contribution in [0.4, 0.5) is 0 Å². The van der Waals surface area contributed by atoms with Gasteiger partial charge in [-0.05, 0) is 82.5 Å². The molecule has 259 valence electrons. The van der Waals surface area contributed by atoms with E-state index < -0.39 is 13.3 Å². The first-order chi connectivity index (χ1) is 24.4. The van der Waals surface area contributed by atoms with Gasteiger partial charge in [-0.2, -0.15) is 11.3 Å². The van der Waals surface area contributed by atoms with E-state index >= 15 is 0 Å². The summed E-state index contributed by atoms with van der Waals surface area (Å²) < 4.78 is 4.06. The minimum absolute atomic E-state index is 0. The molecule has 4 aromatic carbocycles. The van der Waals surface area contributed by atoms with E-state index in [1.54, 1.807) is 0 Å². The first-order valence-corrected chi connectivity index (χ1v) is 26.4. The van der Waals surface area contributed by atoms with Crippen molar-refractivity contribution in [1.82, 2.24) is 9.97 Å². The summed E-state index contributed by atoms with van der Waals surface area (Å²) in [5.74, 6) is 9.92. The van der Waals surface area contributed by atoms with Crippen LogP contribution in [0.2, 0.25) is 17.3 Å². The van der Waals surface area contributed by atoms with Crippen LogP contribution in [-0.4, -0.2) is 23.2 Å². The minimum Gasteiger partial charge on any atom is -0.305 e. The second-order valence-corrected chi connectivity index (χ2v) is 26.9. The van der Waals surface area contributed by atoms with Gasteiger partial charge < -0.3 is 4.98 Å². The third-order valence-electron chi connectivity index (χ3n) is 10.9. The third-order valence-corrected chi connectivity index (χ3v) is 16.4. The van der Waals surface area contributed by atoms with Crippen molar-refractivity contribution in [3.63, 3.8) is 0 Å². The standard InChI is InChI=1S/C32H28NS.C14H16GeN.Ir/c1-2-6-24(7-3-1)26-8-5-11-30-31(26)28-10-4-9-27(32(28)34-30)29-20-22(16-17-33-29)19-25-18-21-12-14-23(25)15-13-21;1-15(2,3)13-9-10-14(16-11-13)12-7-5-4-6-8-12;/h1-8,10-11,16-17,20-21,23,25H,12-15,18-19H2;4-7,9-11H,1-3H3;/q2*-1;. The van der Waals surface area contributed by atoms with Crippen LogP contribution >= 0.6 is 11.3 Å². The molecule has 1 atom stereocenters. The fourth-order valence-corrected chi connectivity index (χ4v) is 11.6. The van der Waals surface area contributed by atoms with E-state index in [2.05, 4.69) is 119 Å². The summed E-state index contributed by atoms with van der Waals surface area (Å²) >= 11 is 0.156. The zero-order valence-corrected chi connectivity index (χ0v) is 35.0. The van der Waals surface area contributed by atoms with Crippen molar-refractivity contribution in [2.45, 2.75) is 55.8 Å². The van der Waals surface area contributed by atoms with E-state index in [0.29, 0.717) is 0 Å². The van der Waals surface area contributed by atoms with Crippen LogP contribution in [0.25, 0.3) is 53.8 Å². The van der Waals surface area contributed by atoms with Gasteiger partial charge in [0.25, 0.3) is 0 Å². The number of nitrogens with zero attached hydrogens (tertiary/aromatic N) is 2. The molecule has 0 saturated heterocycles. The molecule has 2 bridgehead atoms. The summed E-state index contributed by atoms with van der Waals surface area (Å²) in [7, 11) is 0. The number of hydrogen-bond donors (Lipinski definition) is 0. The van der Waals surface area contributed by atoms with Crippen molar-refractivity contribution in [1.29, 1.82) is 0 Å². The van der Waals surface area contributed by atoms with Gasteiger partial charge in [-0.25, -0.2) is 0 Å². The Hall–Kier alpha value is -3.41. The van der Waals surface area contributed by atoms with E-state index in [4.69, 9.17) is 4.98 Å². The summed E-state index contributed by atoms with van der Waals surface area (Å²) in [6.45, 7) is 0. The molecule has 3 heterocycles. The van der Waals surface area contributed by atoms with Gasteiger partial charge in [0, 0.05) is 31.0 Å². The molecule has 2 nitrogen and oxygen atoms in total. The zero-order valence-electron chi connectivity index (χ0n) is 29.7. The number of pyridine rings is 2. The SMILES string of the molecule is [CH3][Ge]([CH3])([CH3])[c]1ccc(-c2[c-]cccc2)nc1.[Ir].[c-]1ccc2c(sc3cccc(-c4ccccc4)c32)c1-c1cc(CC2CC3CCC2CC3)ccn1. The summed E-state index contributed by atoms with van der Waals surface area (Å²) in [6.07, 6.45) is 12.5. The average Bonchev–Trinajstić information content (AvgIpc) is 3.56.